The SMILES string of the molecule is COC(=O)C[C@@H](C(=O)OC)[C@@H](NC(=O)c1ccccn1)C(=O)OC. The first-order valence-corrected chi connectivity index (χ1v) is 6.89. The second-order valence-electron chi connectivity index (χ2n) is 4.60. The number of carbonyl (C=O) groups excluding carboxylic acids is 4. The molecule has 0 saturated heterocycles. The normalized spacial score (nSPS) is 12.5. The number of nitrogens with one attached hydrogen (secondary N) is 1. The number of esters is 3. The van der Waals surface area contributed by atoms with Crippen LogP contribution in [0.3, 0.4) is 0 Å². The summed E-state index contributed by atoms with van der Waals surface area (Å²) in [7, 11) is 3.33. The summed E-state index contributed by atoms with van der Waals surface area (Å²) in [6.07, 6.45) is 0.930. The summed E-state index contributed by atoms with van der Waals surface area (Å²) >= 11 is 0. The van der Waals surface area contributed by atoms with Crippen LogP contribution in [0.1, 0.15) is 16.9 Å². The lowest BCUT2D eigenvalue weighted by molar-refractivity contribution is -0.158. The van der Waals surface area contributed by atoms with Gasteiger partial charge in [-0.15, -0.1) is 0 Å². The molecule has 2 atom stereocenters. The van der Waals surface area contributed by atoms with E-state index in [4.69, 9.17) is 0 Å². The summed E-state index contributed by atoms with van der Waals surface area (Å²) in [5, 5.41) is 2.34. The third kappa shape index (κ3) is 5.04. The van der Waals surface area contributed by atoms with Crippen LogP contribution in [-0.2, 0) is 28.6 Å². The quantitative estimate of drug-likeness (QED) is 0.531. The summed E-state index contributed by atoms with van der Waals surface area (Å²) < 4.78 is 13.7. The van der Waals surface area contributed by atoms with E-state index in [1.54, 1.807) is 12.1 Å². The molecule has 0 aromatic carbocycles. The van der Waals surface area contributed by atoms with Crippen molar-refractivity contribution in [3.05, 3.63) is 30.1 Å². The van der Waals surface area contributed by atoms with Gasteiger partial charge in [0.15, 0.2) is 0 Å². The van der Waals surface area contributed by atoms with Crippen LogP contribution in [0.25, 0.3) is 0 Å². The van der Waals surface area contributed by atoms with E-state index in [1.807, 2.05) is 0 Å². The smallest absolute Gasteiger partial charge is 0.329 e. The van der Waals surface area contributed by atoms with Gasteiger partial charge in [0.25, 0.3) is 5.91 Å². The van der Waals surface area contributed by atoms with E-state index in [2.05, 4.69) is 24.5 Å². The number of aromatic nitrogens is 1. The Labute approximate surface area is 138 Å². The van der Waals surface area contributed by atoms with E-state index in [-0.39, 0.29) is 5.69 Å². The van der Waals surface area contributed by atoms with Gasteiger partial charge in [-0.25, -0.2) is 4.79 Å². The largest absolute Gasteiger partial charge is 0.469 e. The zero-order valence-electron chi connectivity index (χ0n) is 13.5. The molecule has 0 fully saturated rings. The molecule has 0 spiro atoms. The minimum absolute atomic E-state index is 0.0353. The molecule has 0 saturated carbocycles. The van der Waals surface area contributed by atoms with Crippen molar-refractivity contribution < 1.29 is 33.4 Å². The lowest BCUT2D eigenvalue weighted by Gasteiger charge is -2.23. The molecule has 0 aliphatic rings. The van der Waals surface area contributed by atoms with Crippen LogP contribution in [0.4, 0.5) is 0 Å². The molecule has 24 heavy (non-hydrogen) atoms. The van der Waals surface area contributed by atoms with Gasteiger partial charge in [0.1, 0.15) is 11.7 Å². The molecular weight excluding hydrogens is 320 g/mol. The maximum absolute atomic E-state index is 12.2. The maximum atomic E-state index is 12.2. The molecule has 9 heteroatoms. The van der Waals surface area contributed by atoms with E-state index < -0.39 is 42.2 Å². The number of hydrogen-bond acceptors (Lipinski definition) is 8. The lowest BCUT2D eigenvalue weighted by Crippen LogP contribution is -2.50. The first-order chi connectivity index (χ1) is 11.4. The minimum Gasteiger partial charge on any atom is -0.469 e. The first-order valence-electron chi connectivity index (χ1n) is 6.89. The monoisotopic (exact) mass is 338 g/mol. The Balaban J connectivity index is 3.07. The van der Waals surface area contributed by atoms with Crippen molar-refractivity contribution in [2.75, 3.05) is 21.3 Å². The molecule has 1 rings (SSSR count). The Morgan fingerprint density at radius 3 is 2.21 bits per heavy atom. The molecule has 0 unspecified atom stereocenters. The van der Waals surface area contributed by atoms with Gasteiger partial charge >= 0.3 is 17.9 Å². The number of carbonyl (C=O) groups is 4. The van der Waals surface area contributed by atoms with Gasteiger partial charge in [-0.2, -0.15) is 0 Å². The van der Waals surface area contributed by atoms with Crippen molar-refractivity contribution in [3.8, 4) is 0 Å². The van der Waals surface area contributed by atoms with Gasteiger partial charge in [-0.05, 0) is 12.1 Å². The number of nitrogens with zero attached hydrogens (tertiary/aromatic N) is 1. The predicted molar refractivity (Wildman–Crippen MR) is 79.6 cm³/mol. The highest BCUT2D eigenvalue weighted by Gasteiger charge is 2.38. The number of pyridine rings is 1. The zero-order chi connectivity index (χ0) is 18.1. The van der Waals surface area contributed by atoms with Crippen molar-refractivity contribution in [2.24, 2.45) is 5.92 Å². The van der Waals surface area contributed by atoms with Crippen molar-refractivity contribution in [2.45, 2.75) is 12.5 Å². The molecule has 1 amide bonds. The van der Waals surface area contributed by atoms with Crippen LogP contribution in [-0.4, -0.2) is 56.2 Å². The Morgan fingerprint density at radius 2 is 1.71 bits per heavy atom. The molecule has 0 radical (unpaired) electrons. The summed E-state index contributed by atoms with van der Waals surface area (Å²) in [5.41, 5.74) is 0.0353. The summed E-state index contributed by atoms with van der Waals surface area (Å²) in [6, 6.07) is 3.19. The third-order valence-corrected chi connectivity index (χ3v) is 3.16. The average molecular weight is 338 g/mol. The van der Waals surface area contributed by atoms with Crippen molar-refractivity contribution >= 4 is 23.8 Å². The predicted octanol–water partition coefficient (Wildman–Crippen LogP) is -0.295. The van der Waals surface area contributed by atoms with Gasteiger partial charge in [0.05, 0.1) is 33.7 Å². The van der Waals surface area contributed by atoms with Gasteiger partial charge in [-0.3, -0.25) is 19.4 Å². The third-order valence-electron chi connectivity index (χ3n) is 3.16. The van der Waals surface area contributed by atoms with E-state index in [0.29, 0.717) is 0 Å². The van der Waals surface area contributed by atoms with Gasteiger partial charge in [0, 0.05) is 6.20 Å². The molecule has 1 heterocycles. The summed E-state index contributed by atoms with van der Waals surface area (Å²) in [4.78, 5) is 51.5. The van der Waals surface area contributed by atoms with E-state index in [1.165, 1.54) is 12.3 Å². The van der Waals surface area contributed by atoms with Crippen LogP contribution >= 0.6 is 0 Å². The Hall–Kier alpha value is -2.97. The van der Waals surface area contributed by atoms with E-state index in [9.17, 15) is 19.2 Å². The second kappa shape index (κ2) is 9.23. The molecule has 9 nitrogen and oxygen atoms in total. The van der Waals surface area contributed by atoms with Crippen molar-refractivity contribution in [1.82, 2.24) is 10.3 Å². The molecule has 0 aliphatic heterocycles. The van der Waals surface area contributed by atoms with Crippen LogP contribution in [0.15, 0.2) is 24.4 Å². The molecule has 0 aliphatic carbocycles. The van der Waals surface area contributed by atoms with Gasteiger partial charge < -0.3 is 19.5 Å². The fraction of sp³-hybridized carbons (Fsp3) is 0.400. The number of hydrogen-bond donors (Lipinski definition) is 1. The van der Waals surface area contributed by atoms with Gasteiger partial charge in [0.2, 0.25) is 0 Å². The topological polar surface area (TPSA) is 121 Å². The highest BCUT2D eigenvalue weighted by molar-refractivity contribution is 5.97. The molecule has 1 aromatic heterocycles. The molecule has 0 bridgehead atoms. The Morgan fingerprint density at radius 1 is 1.04 bits per heavy atom. The first kappa shape index (κ1) is 19.1. The van der Waals surface area contributed by atoms with Crippen LogP contribution < -0.4 is 5.32 Å². The standard InChI is InChI=1S/C15H18N2O7/c1-22-11(18)8-9(14(20)23-2)12(15(21)24-3)17-13(19)10-6-4-5-7-16-10/h4-7,9,12H,8H2,1-3H3,(H,17,19)/t9-,12-/m1/s1. The zero-order valence-corrected chi connectivity index (χ0v) is 13.5. The van der Waals surface area contributed by atoms with E-state index >= 15 is 0 Å². The number of methoxy groups -OCH3 is 3. The van der Waals surface area contributed by atoms with Crippen LogP contribution in [0.5, 0.6) is 0 Å². The molecule has 130 valence electrons. The fourth-order valence-corrected chi connectivity index (χ4v) is 1.91. The maximum Gasteiger partial charge on any atom is 0.329 e. The highest BCUT2D eigenvalue weighted by atomic mass is 16.5. The van der Waals surface area contributed by atoms with Crippen molar-refractivity contribution in [3.63, 3.8) is 0 Å². The minimum atomic E-state index is -1.43. The molecule has 1 N–H and O–H groups in total. The Bertz CT molecular complexity index is 603. The average Bonchev–Trinajstić information content (AvgIpc) is 2.63. The summed E-state index contributed by atoms with van der Waals surface area (Å²) in [6.45, 7) is 0. The van der Waals surface area contributed by atoms with Crippen LogP contribution in [0, 0.1) is 5.92 Å². The number of rotatable bonds is 7. The number of ether oxygens (including phenoxy) is 3. The molecule has 1 aromatic rings. The summed E-state index contributed by atoms with van der Waals surface area (Å²) in [5.74, 6) is -4.52. The second-order valence-corrected chi connectivity index (χ2v) is 4.60. The lowest BCUT2D eigenvalue weighted by atomic mass is 9.95. The van der Waals surface area contributed by atoms with Crippen molar-refractivity contribution in [1.29, 1.82) is 0 Å². The van der Waals surface area contributed by atoms with E-state index in [0.717, 1.165) is 21.3 Å². The Kier molecular flexibility index (Phi) is 7.34. The highest BCUT2D eigenvalue weighted by Crippen LogP contribution is 2.15. The molecular formula is C15H18N2O7. The van der Waals surface area contributed by atoms with Crippen LogP contribution in [0.2, 0.25) is 0 Å². The van der Waals surface area contributed by atoms with Gasteiger partial charge in [-0.1, -0.05) is 6.07 Å². The number of amides is 1. The fourth-order valence-electron chi connectivity index (χ4n) is 1.91.